The number of rotatable bonds is 1. The average Bonchev–Trinajstić information content (AvgIpc) is 2.40. The van der Waals surface area contributed by atoms with Crippen LogP contribution in [0.25, 0.3) is 0 Å². The third kappa shape index (κ3) is 5.02. The Morgan fingerprint density at radius 2 is 1.58 bits per heavy atom. The Hall–Kier alpha value is -2.64. The maximum absolute atomic E-state index is 11.1. The molecule has 0 saturated heterocycles. The Morgan fingerprint density at radius 1 is 1.11 bits per heavy atom. The first-order chi connectivity index (χ1) is 9.05. The van der Waals surface area contributed by atoms with Crippen LogP contribution in [0.15, 0.2) is 29.5 Å². The molecule has 0 atom stereocenters. The number of ether oxygens (including phenoxy) is 2. The molecule has 1 heterocycles. The molecule has 8 nitrogen and oxygen atoms in total. The minimum atomic E-state index is -0.753. The van der Waals surface area contributed by atoms with E-state index in [1.54, 1.807) is 24.5 Å². The molecule has 0 saturated carbocycles. The number of methoxy groups -OCH3 is 2. The van der Waals surface area contributed by atoms with E-state index in [1.807, 2.05) is 11.6 Å². The molecule has 0 bridgehead atoms. The lowest BCUT2D eigenvalue weighted by Crippen LogP contribution is -2.43. The number of hydrogen-bond donors (Lipinski definition) is 2. The zero-order valence-corrected chi connectivity index (χ0v) is 10.8. The van der Waals surface area contributed by atoms with Gasteiger partial charge in [0.2, 0.25) is 5.96 Å². The number of aromatic nitrogens is 1. The Morgan fingerprint density at radius 3 is 2.00 bits per heavy atom. The largest absolute Gasteiger partial charge is 0.453 e. The van der Waals surface area contributed by atoms with Crippen molar-refractivity contribution in [3.63, 3.8) is 0 Å². The van der Waals surface area contributed by atoms with Crippen molar-refractivity contribution in [2.24, 2.45) is 12.0 Å². The van der Waals surface area contributed by atoms with E-state index in [0.29, 0.717) is 5.69 Å². The lowest BCUT2D eigenvalue weighted by atomic mass is 10.4. The summed E-state index contributed by atoms with van der Waals surface area (Å²) in [5.41, 5.74) is 0.543. The minimum Gasteiger partial charge on any atom is -0.453 e. The van der Waals surface area contributed by atoms with Gasteiger partial charge in [-0.15, -0.1) is 0 Å². The van der Waals surface area contributed by atoms with Crippen molar-refractivity contribution < 1.29 is 23.6 Å². The quantitative estimate of drug-likeness (QED) is 0.432. The first-order valence-electron chi connectivity index (χ1n) is 5.29. The van der Waals surface area contributed by atoms with E-state index in [0.717, 1.165) is 0 Å². The summed E-state index contributed by atoms with van der Waals surface area (Å²) in [4.78, 5) is 26.3. The Kier molecular flexibility index (Phi) is 5.27. The second kappa shape index (κ2) is 6.94. The van der Waals surface area contributed by atoms with Gasteiger partial charge in [-0.25, -0.2) is 19.1 Å². The fourth-order valence-electron chi connectivity index (χ4n) is 1.08. The van der Waals surface area contributed by atoms with Crippen LogP contribution in [-0.2, 0) is 16.5 Å². The molecule has 2 amide bonds. The summed E-state index contributed by atoms with van der Waals surface area (Å²) >= 11 is 0. The minimum absolute atomic E-state index is 0.0902. The van der Waals surface area contributed by atoms with Crippen LogP contribution in [0.4, 0.5) is 15.3 Å². The van der Waals surface area contributed by atoms with E-state index in [2.05, 4.69) is 25.1 Å². The van der Waals surface area contributed by atoms with Gasteiger partial charge in [-0.3, -0.25) is 10.6 Å². The van der Waals surface area contributed by atoms with Gasteiger partial charge in [-0.1, -0.05) is 0 Å². The van der Waals surface area contributed by atoms with Gasteiger partial charge in [0.05, 0.1) is 19.9 Å². The van der Waals surface area contributed by atoms with E-state index in [-0.39, 0.29) is 5.96 Å². The highest BCUT2D eigenvalue weighted by atomic mass is 16.5. The molecule has 1 aromatic heterocycles. The molecule has 102 valence electrons. The van der Waals surface area contributed by atoms with Crippen LogP contribution in [0.3, 0.4) is 0 Å². The van der Waals surface area contributed by atoms with E-state index >= 15 is 0 Å². The number of pyridine rings is 1. The van der Waals surface area contributed by atoms with Crippen molar-refractivity contribution >= 4 is 23.8 Å². The van der Waals surface area contributed by atoms with Gasteiger partial charge in [0, 0.05) is 12.1 Å². The number of carbonyl (C=O) groups is 2. The smallest absolute Gasteiger partial charge is 0.413 e. The van der Waals surface area contributed by atoms with Crippen LogP contribution in [-0.4, -0.2) is 32.4 Å². The summed E-state index contributed by atoms with van der Waals surface area (Å²) in [6.07, 6.45) is 2.03. The predicted octanol–water partition coefficient (Wildman–Crippen LogP) is 0.211. The molecule has 1 aromatic rings. The number of nitrogens with one attached hydrogen (secondary N) is 2. The zero-order chi connectivity index (χ0) is 14.3. The fourth-order valence-corrected chi connectivity index (χ4v) is 1.08. The summed E-state index contributed by atoms with van der Waals surface area (Å²) in [6, 6.07) is 3.41. The van der Waals surface area contributed by atoms with Gasteiger partial charge in [0.25, 0.3) is 0 Å². The predicted molar refractivity (Wildman–Crippen MR) is 65.8 cm³/mol. The first kappa shape index (κ1) is 14.4. The Balaban J connectivity index is 2.90. The van der Waals surface area contributed by atoms with Crippen LogP contribution in [0.2, 0.25) is 0 Å². The Bertz CT molecular complexity index is 464. The number of hydrogen-bond acceptors (Lipinski definition) is 5. The van der Waals surface area contributed by atoms with E-state index in [1.165, 1.54) is 14.2 Å². The molecule has 0 aromatic carbocycles. The normalized spacial score (nSPS) is 9.21. The Labute approximate surface area is 110 Å². The number of amides is 2. The number of alkyl carbamates (subject to hydrolysis) is 2. The standard InChI is InChI=1S/C11H14N4O4/c1-15-6-4-8(5-7-15)12-9(13-10(16)18-2)14-11(17)19-3/h4-7H,1-3H3,(H,13,14,16,17)/p+1. The molecule has 8 heteroatoms. The fraction of sp³-hybridized carbons (Fsp3) is 0.273. The lowest BCUT2D eigenvalue weighted by Gasteiger charge is -2.08. The van der Waals surface area contributed by atoms with Gasteiger partial charge in [0.1, 0.15) is 7.05 Å². The maximum Gasteiger partial charge on any atom is 0.413 e. The van der Waals surface area contributed by atoms with Crippen LogP contribution in [0.5, 0.6) is 0 Å². The second-order valence-electron chi connectivity index (χ2n) is 3.42. The highest BCUT2D eigenvalue weighted by Gasteiger charge is 2.10. The van der Waals surface area contributed by atoms with Gasteiger partial charge >= 0.3 is 12.2 Å². The number of nitrogens with zero attached hydrogens (tertiary/aromatic N) is 2. The number of aliphatic imine (C=N–C) groups is 1. The van der Waals surface area contributed by atoms with Gasteiger partial charge in [-0.05, 0) is 0 Å². The van der Waals surface area contributed by atoms with Gasteiger partial charge in [-0.2, -0.15) is 0 Å². The molecule has 2 N–H and O–H groups in total. The van der Waals surface area contributed by atoms with Crippen LogP contribution < -0.4 is 15.2 Å². The van der Waals surface area contributed by atoms with Crippen molar-refractivity contribution in [2.75, 3.05) is 14.2 Å². The lowest BCUT2D eigenvalue weighted by molar-refractivity contribution is -0.671. The number of guanidine groups is 1. The van der Waals surface area contributed by atoms with Crippen LogP contribution in [0, 0.1) is 0 Å². The first-order valence-corrected chi connectivity index (χ1v) is 5.29. The van der Waals surface area contributed by atoms with Crippen molar-refractivity contribution in [2.45, 2.75) is 0 Å². The van der Waals surface area contributed by atoms with Gasteiger partial charge < -0.3 is 9.47 Å². The van der Waals surface area contributed by atoms with Crippen molar-refractivity contribution in [1.82, 2.24) is 10.6 Å². The third-order valence-corrected chi connectivity index (χ3v) is 2.01. The molecular weight excluding hydrogens is 252 g/mol. The third-order valence-electron chi connectivity index (χ3n) is 2.01. The van der Waals surface area contributed by atoms with Crippen molar-refractivity contribution in [1.29, 1.82) is 0 Å². The highest BCUT2D eigenvalue weighted by Crippen LogP contribution is 2.06. The molecule has 0 aliphatic heterocycles. The molecule has 19 heavy (non-hydrogen) atoms. The molecule has 0 unspecified atom stereocenters. The highest BCUT2D eigenvalue weighted by molar-refractivity contribution is 6.02. The van der Waals surface area contributed by atoms with Crippen LogP contribution in [0.1, 0.15) is 0 Å². The molecule has 0 radical (unpaired) electrons. The maximum atomic E-state index is 11.1. The number of aryl methyl sites for hydroxylation is 1. The molecule has 0 aliphatic carbocycles. The monoisotopic (exact) mass is 267 g/mol. The number of carbonyl (C=O) groups excluding carboxylic acids is 2. The molecule has 0 aliphatic rings. The van der Waals surface area contributed by atoms with Crippen molar-refractivity contribution in [3.8, 4) is 0 Å². The zero-order valence-electron chi connectivity index (χ0n) is 10.8. The second-order valence-corrected chi connectivity index (χ2v) is 3.42. The van der Waals surface area contributed by atoms with Gasteiger partial charge in [0.15, 0.2) is 12.4 Å². The van der Waals surface area contributed by atoms with Crippen LogP contribution >= 0.6 is 0 Å². The topological polar surface area (TPSA) is 92.9 Å². The van der Waals surface area contributed by atoms with Crippen molar-refractivity contribution in [3.05, 3.63) is 24.5 Å². The average molecular weight is 267 g/mol. The summed E-state index contributed by atoms with van der Waals surface area (Å²) in [7, 11) is 4.26. The summed E-state index contributed by atoms with van der Waals surface area (Å²) < 4.78 is 10.7. The molecular formula is C11H15N4O4+. The molecule has 0 spiro atoms. The summed E-state index contributed by atoms with van der Waals surface area (Å²) in [5, 5.41) is 4.53. The molecule has 1 rings (SSSR count). The SMILES string of the molecule is COC(=O)NC(=Nc1cc[n+](C)cc1)NC(=O)OC. The summed E-state index contributed by atoms with van der Waals surface area (Å²) in [5.74, 6) is -0.0902. The van der Waals surface area contributed by atoms with E-state index in [4.69, 9.17) is 0 Å². The molecule has 0 fully saturated rings. The summed E-state index contributed by atoms with van der Waals surface area (Å²) in [6.45, 7) is 0. The van der Waals surface area contributed by atoms with E-state index in [9.17, 15) is 9.59 Å². The van der Waals surface area contributed by atoms with E-state index < -0.39 is 12.2 Å².